The number of nitrogens with one attached hydrogen (secondary N) is 1. The van der Waals surface area contributed by atoms with Crippen LogP contribution >= 0.6 is 22.6 Å². The van der Waals surface area contributed by atoms with E-state index in [1.807, 2.05) is 37.4 Å². The highest BCUT2D eigenvalue weighted by Gasteiger charge is 2.06. The summed E-state index contributed by atoms with van der Waals surface area (Å²) in [6.45, 7) is 5.91. The summed E-state index contributed by atoms with van der Waals surface area (Å²) >= 11 is 2.29. The number of hydrogen-bond acceptors (Lipinski definition) is 3. The molecule has 0 atom stereocenters. The van der Waals surface area contributed by atoms with Gasteiger partial charge in [0.05, 0.1) is 0 Å². The van der Waals surface area contributed by atoms with E-state index in [0.29, 0.717) is 0 Å². The van der Waals surface area contributed by atoms with Gasteiger partial charge in [-0.25, -0.2) is 0 Å². The van der Waals surface area contributed by atoms with Crippen molar-refractivity contribution in [2.45, 2.75) is 26.8 Å². The molecule has 0 amide bonds. The van der Waals surface area contributed by atoms with Gasteiger partial charge in [-0.05, 0) is 60.7 Å². The van der Waals surface area contributed by atoms with Crippen molar-refractivity contribution in [3.05, 3.63) is 51.4 Å². The Morgan fingerprint density at radius 3 is 2.90 bits per heavy atom. The van der Waals surface area contributed by atoms with E-state index in [0.717, 1.165) is 45.8 Å². The molecule has 106 valence electrons. The molecule has 0 saturated heterocycles. The molecule has 2 aromatic rings. The molecule has 0 aliphatic heterocycles. The maximum absolute atomic E-state index is 6.02. The van der Waals surface area contributed by atoms with Crippen molar-refractivity contribution >= 4 is 22.6 Å². The maximum atomic E-state index is 6.02. The fourth-order valence-corrected chi connectivity index (χ4v) is 2.36. The molecule has 1 aromatic heterocycles. The predicted molar refractivity (Wildman–Crippen MR) is 90.2 cm³/mol. The molecule has 0 radical (unpaired) electrons. The van der Waals surface area contributed by atoms with E-state index in [-0.39, 0.29) is 0 Å². The quantitative estimate of drug-likeness (QED) is 0.598. The van der Waals surface area contributed by atoms with Crippen molar-refractivity contribution in [2.24, 2.45) is 0 Å². The largest absolute Gasteiger partial charge is 0.457 e. The SMILES string of the molecule is CCCNCc1cnc(C)cc1Oc1cccc(I)c1. The summed E-state index contributed by atoms with van der Waals surface area (Å²) in [6.07, 6.45) is 3.01. The van der Waals surface area contributed by atoms with Crippen LogP contribution in [0.2, 0.25) is 0 Å². The second-order valence-corrected chi connectivity index (χ2v) is 5.92. The van der Waals surface area contributed by atoms with Crippen molar-refractivity contribution in [1.29, 1.82) is 0 Å². The van der Waals surface area contributed by atoms with Crippen LogP contribution in [0, 0.1) is 10.5 Å². The second-order valence-electron chi connectivity index (χ2n) is 4.67. The number of pyridine rings is 1. The first kappa shape index (κ1) is 15.3. The lowest BCUT2D eigenvalue weighted by Gasteiger charge is -2.12. The first-order valence-corrected chi connectivity index (χ1v) is 7.86. The molecular weight excluding hydrogens is 363 g/mol. The van der Waals surface area contributed by atoms with Gasteiger partial charge in [0.25, 0.3) is 0 Å². The van der Waals surface area contributed by atoms with Gasteiger partial charge in [-0.15, -0.1) is 0 Å². The Balaban J connectivity index is 2.18. The molecule has 1 heterocycles. The first-order valence-electron chi connectivity index (χ1n) is 6.78. The summed E-state index contributed by atoms with van der Waals surface area (Å²) in [5.41, 5.74) is 2.05. The molecule has 3 nitrogen and oxygen atoms in total. The number of rotatable bonds is 6. The monoisotopic (exact) mass is 382 g/mol. The van der Waals surface area contributed by atoms with Crippen LogP contribution in [0.15, 0.2) is 36.5 Å². The molecule has 2 rings (SSSR count). The minimum absolute atomic E-state index is 0.778. The molecule has 0 unspecified atom stereocenters. The van der Waals surface area contributed by atoms with Crippen LogP contribution in [0.25, 0.3) is 0 Å². The molecule has 4 heteroatoms. The Morgan fingerprint density at radius 2 is 2.15 bits per heavy atom. The summed E-state index contributed by atoms with van der Waals surface area (Å²) in [7, 11) is 0. The van der Waals surface area contributed by atoms with Crippen molar-refractivity contribution in [1.82, 2.24) is 10.3 Å². The number of benzene rings is 1. The van der Waals surface area contributed by atoms with E-state index in [4.69, 9.17) is 4.74 Å². The number of aromatic nitrogens is 1. The lowest BCUT2D eigenvalue weighted by atomic mass is 10.2. The molecule has 0 fully saturated rings. The Bertz CT molecular complexity index is 572. The van der Waals surface area contributed by atoms with Gasteiger partial charge in [-0.1, -0.05) is 13.0 Å². The highest BCUT2D eigenvalue weighted by Crippen LogP contribution is 2.26. The van der Waals surface area contributed by atoms with Gasteiger partial charge in [-0.3, -0.25) is 4.98 Å². The summed E-state index contributed by atoms with van der Waals surface area (Å²) in [6, 6.07) is 10.0. The van der Waals surface area contributed by atoms with Gasteiger partial charge in [0.2, 0.25) is 0 Å². The lowest BCUT2D eigenvalue weighted by molar-refractivity contribution is 0.470. The van der Waals surface area contributed by atoms with Crippen LogP contribution in [0.4, 0.5) is 0 Å². The van der Waals surface area contributed by atoms with Crippen LogP contribution in [-0.4, -0.2) is 11.5 Å². The molecule has 0 aliphatic carbocycles. The first-order chi connectivity index (χ1) is 9.69. The Hall–Kier alpha value is -1.14. The molecule has 1 N–H and O–H groups in total. The smallest absolute Gasteiger partial charge is 0.135 e. The summed E-state index contributed by atoms with van der Waals surface area (Å²) < 4.78 is 7.18. The van der Waals surface area contributed by atoms with Crippen molar-refractivity contribution < 1.29 is 4.74 Å². The summed E-state index contributed by atoms with van der Waals surface area (Å²) in [5.74, 6) is 1.74. The van der Waals surface area contributed by atoms with E-state index < -0.39 is 0 Å². The zero-order valence-electron chi connectivity index (χ0n) is 11.8. The Kier molecular flexibility index (Phi) is 5.79. The maximum Gasteiger partial charge on any atom is 0.135 e. The second kappa shape index (κ2) is 7.59. The van der Waals surface area contributed by atoms with E-state index in [2.05, 4.69) is 45.9 Å². The predicted octanol–water partition coefficient (Wildman–Crippen LogP) is 4.29. The third-order valence-electron chi connectivity index (χ3n) is 2.85. The third kappa shape index (κ3) is 4.45. The van der Waals surface area contributed by atoms with Crippen molar-refractivity contribution in [3.8, 4) is 11.5 Å². The molecule has 0 saturated carbocycles. The minimum Gasteiger partial charge on any atom is -0.457 e. The Labute approximate surface area is 133 Å². The number of nitrogens with zero attached hydrogens (tertiary/aromatic N) is 1. The standard InChI is InChI=1S/C16H19IN2O/c1-3-7-18-10-13-11-19-12(2)8-16(13)20-15-6-4-5-14(17)9-15/h4-6,8-9,11,18H,3,7,10H2,1-2H3. The van der Waals surface area contributed by atoms with E-state index >= 15 is 0 Å². The molecule has 1 aromatic carbocycles. The number of halogens is 1. The van der Waals surface area contributed by atoms with Gasteiger partial charge >= 0.3 is 0 Å². The van der Waals surface area contributed by atoms with E-state index in [1.54, 1.807) is 0 Å². The van der Waals surface area contributed by atoms with Gasteiger partial charge in [0.1, 0.15) is 11.5 Å². The fourth-order valence-electron chi connectivity index (χ4n) is 1.85. The normalized spacial score (nSPS) is 10.6. The van der Waals surface area contributed by atoms with Crippen LogP contribution < -0.4 is 10.1 Å². The summed E-state index contributed by atoms with van der Waals surface area (Å²) in [4.78, 5) is 4.36. The molecule has 20 heavy (non-hydrogen) atoms. The highest BCUT2D eigenvalue weighted by molar-refractivity contribution is 14.1. The molecule has 0 spiro atoms. The van der Waals surface area contributed by atoms with Crippen molar-refractivity contribution in [2.75, 3.05) is 6.54 Å². The number of hydrogen-bond donors (Lipinski definition) is 1. The highest BCUT2D eigenvalue weighted by atomic mass is 127. The third-order valence-corrected chi connectivity index (χ3v) is 3.52. The zero-order valence-corrected chi connectivity index (χ0v) is 14.0. The lowest BCUT2D eigenvalue weighted by Crippen LogP contribution is -2.14. The summed E-state index contributed by atoms with van der Waals surface area (Å²) in [5, 5.41) is 3.39. The molecule has 0 aliphatic rings. The van der Waals surface area contributed by atoms with Gasteiger partial charge in [-0.2, -0.15) is 0 Å². The fraction of sp³-hybridized carbons (Fsp3) is 0.312. The van der Waals surface area contributed by atoms with Gasteiger partial charge in [0.15, 0.2) is 0 Å². The molecule has 0 bridgehead atoms. The van der Waals surface area contributed by atoms with Gasteiger partial charge < -0.3 is 10.1 Å². The van der Waals surface area contributed by atoms with E-state index in [1.165, 1.54) is 0 Å². The van der Waals surface area contributed by atoms with Crippen LogP contribution in [0.3, 0.4) is 0 Å². The van der Waals surface area contributed by atoms with E-state index in [9.17, 15) is 0 Å². The average molecular weight is 382 g/mol. The van der Waals surface area contributed by atoms with Crippen LogP contribution in [0.5, 0.6) is 11.5 Å². The number of aryl methyl sites for hydroxylation is 1. The average Bonchev–Trinajstić information content (AvgIpc) is 2.41. The van der Waals surface area contributed by atoms with Crippen molar-refractivity contribution in [3.63, 3.8) is 0 Å². The topological polar surface area (TPSA) is 34.2 Å². The molecular formula is C16H19IN2O. The number of ether oxygens (including phenoxy) is 1. The van der Waals surface area contributed by atoms with Gasteiger partial charge in [0, 0.05) is 33.6 Å². The Morgan fingerprint density at radius 1 is 1.30 bits per heavy atom. The minimum atomic E-state index is 0.778. The zero-order chi connectivity index (χ0) is 14.4. The van der Waals surface area contributed by atoms with Crippen LogP contribution in [0.1, 0.15) is 24.6 Å². The van der Waals surface area contributed by atoms with Crippen LogP contribution in [-0.2, 0) is 6.54 Å².